The molecule has 0 saturated carbocycles. The standard InChI is InChI=1S/C16H18N4OS2/c1-11-5-7-14(8-6-11)20(10-4-9-17)15(21)12(2)22-16-19-18-13(3)23-16/h5-8,12H,4,10H2,1-3H3. The molecular formula is C16H18N4OS2. The molecule has 0 N–H and O–H groups in total. The number of anilines is 1. The Morgan fingerprint density at radius 1 is 1.35 bits per heavy atom. The number of carbonyl (C=O) groups is 1. The first-order valence-electron chi connectivity index (χ1n) is 7.23. The van der Waals surface area contributed by atoms with Gasteiger partial charge in [0.1, 0.15) is 5.01 Å². The highest BCUT2D eigenvalue weighted by molar-refractivity contribution is 8.02. The Morgan fingerprint density at radius 3 is 2.61 bits per heavy atom. The van der Waals surface area contributed by atoms with Crippen LogP contribution in [0.3, 0.4) is 0 Å². The molecule has 0 fully saturated rings. The van der Waals surface area contributed by atoms with Crippen LogP contribution in [0.4, 0.5) is 5.69 Å². The minimum absolute atomic E-state index is 0.0260. The molecule has 2 rings (SSSR count). The molecule has 0 spiro atoms. The van der Waals surface area contributed by atoms with E-state index in [4.69, 9.17) is 5.26 Å². The quantitative estimate of drug-likeness (QED) is 0.748. The van der Waals surface area contributed by atoms with Gasteiger partial charge in [0.05, 0.1) is 17.7 Å². The normalized spacial score (nSPS) is 11.7. The van der Waals surface area contributed by atoms with Crippen molar-refractivity contribution < 1.29 is 4.79 Å². The number of aromatic nitrogens is 2. The second-order valence-corrected chi connectivity index (χ2v) is 7.85. The highest BCUT2D eigenvalue weighted by atomic mass is 32.2. The molecule has 7 heteroatoms. The number of hydrogen-bond acceptors (Lipinski definition) is 6. The maximum atomic E-state index is 12.8. The summed E-state index contributed by atoms with van der Waals surface area (Å²) in [6.07, 6.45) is 0.301. The summed E-state index contributed by atoms with van der Waals surface area (Å²) in [6, 6.07) is 9.87. The lowest BCUT2D eigenvalue weighted by Crippen LogP contribution is -2.37. The van der Waals surface area contributed by atoms with Crippen molar-refractivity contribution in [2.75, 3.05) is 11.4 Å². The zero-order chi connectivity index (χ0) is 16.8. The molecule has 1 heterocycles. The SMILES string of the molecule is Cc1ccc(N(CCC#N)C(=O)C(C)Sc2nnc(C)s2)cc1. The number of nitrogens with zero attached hydrogens (tertiary/aromatic N) is 4. The number of aryl methyl sites for hydroxylation is 2. The van der Waals surface area contributed by atoms with Gasteiger partial charge in [-0.05, 0) is 32.9 Å². The van der Waals surface area contributed by atoms with Gasteiger partial charge in [0, 0.05) is 12.2 Å². The van der Waals surface area contributed by atoms with Crippen molar-refractivity contribution in [2.24, 2.45) is 0 Å². The van der Waals surface area contributed by atoms with E-state index in [1.54, 1.807) is 4.90 Å². The fourth-order valence-electron chi connectivity index (χ4n) is 2.00. The zero-order valence-corrected chi connectivity index (χ0v) is 14.9. The second-order valence-electron chi connectivity index (χ2n) is 5.08. The Hall–Kier alpha value is -1.91. The van der Waals surface area contributed by atoms with E-state index in [9.17, 15) is 4.79 Å². The highest BCUT2D eigenvalue weighted by Crippen LogP contribution is 2.28. The Kier molecular flexibility index (Phi) is 6.13. The summed E-state index contributed by atoms with van der Waals surface area (Å²) in [5, 5.41) is 17.5. The Bertz CT molecular complexity index is 706. The van der Waals surface area contributed by atoms with Crippen molar-refractivity contribution in [2.45, 2.75) is 36.8 Å². The smallest absolute Gasteiger partial charge is 0.240 e. The molecule has 1 aromatic carbocycles. The third-order valence-corrected chi connectivity index (χ3v) is 5.20. The van der Waals surface area contributed by atoms with Crippen LogP contribution in [0.1, 0.15) is 23.9 Å². The zero-order valence-electron chi connectivity index (χ0n) is 13.3. The summed E-state index contributed by atoms with van der Waals surface area (Å²) >= 11 is 2.88. The summed E-state index contributed by atoms with van der Waals surface area (Å²) < 4.78 is 0.785. The third-order valence-electron chi connectivity index (χ3n) is 3.19. The minimum Gasteiger partial charge on any atom is -0.310 e. The Morgan fingerprint density at radius 2 is 2.04 bits per heavy atom. The van der Waals surface area contributed by atoms with E-state index >= 15 is 0 Å². The van der Waals surface area contributed by atoms with Gasteiger partial charge in [-0.2, -0.15) is 5.26 Å². The summed E-state index contributed by atoms with van der Waals surface area (Å²) in [4.78, 5) is 14.5. The summed E-state index contributed by atoms with van der Waals surface area (Å²) in [5.74, 6) is -0.0260. The van der Waals surface area contributed by atoms with Crippen LogP contribution in [-0.2, 0) is 4.79 Å². The molecule has 23 heavy (non-hydrogen) atoms. The molecule has 0 aliphatic carbocycles. The van der Waals surface area contributed by atoms with Gasteiger partial charge >= 0.3 is 0 Å². The molecule has 0 aliphatic rings. The van der Waals surface area contributed by atoms with Gasteiger partial charge in [0.25, 0.3) is 0 Å². The first-order valence-corrected chi connectivity index (χ1v) is 8.92. The molecule has 0 radical (unpaired) electrons. The molecule has 5 nitrogen and oxygen atoms in total. The molecule has 0 aliphatic heterocycles. The highest BCUT2D eigenvalue weighted by Gasteiger charge is 2.23. The van der Waals surface area contributed by atoms with E-state index in [0.717, 1.165) is 20.6 Å². The molecule has 0 bridgehead atoms. The lowest BCUT2D eigenvalue weighted by Gasteiger charge is -2.24. The van der Waals surface area contributed by atoms with Crippen molar-refractivity contribution in [3.05, 3.63) is 34.8 Å². The number of nitriles is 1. The Labute approximate surface area is 144 Å². The van der Waals surface area contributed by atoms with Crippen LogP contribution in [0.5, 0.6) is 0 Å². The van der Waals surface area contributed by atoms with Crippen LogP contribution in [0.25, 0.3) is 0 Å². The van der Waals surface area contributed by atoms with E-state index in [2.05, 4.69) is 16.3 Å². The first kappa shape index (κ1) is 17.4. The number of amides is 1. The topological polar surface area (TPSA) is 69.9 Å². The average molecular weight is 346 g/mol. The van der Waals surface area contributed by atoms with Crippen LogP contribution in [0.15, 0.2) is 28.6 Å². The van der Waals surface area contributed by atoms with Crippen LogP contribution in [-0.4, -0.2) is 27.9 Å². The lowest BCUT2D eigenvalue weighted by molar-refractivity contribution is -0.117. The van der Waals surface area contributed by atoms with E-state index in [0.29, 0.717) is 13.0 Å². The molecule has 2 aromatic rings. The maximum absolute atomic E-state index is 12.8. The summed E-state index contributed by atoms with van der Waals surface area (Å²) in [7, 11) is 0. The van der Waals surface area contributed by atoms with Gasteiger partial charge in [-0.1, -0.05) is 40.8 Å². The third kappa shape index (κ3) is 4.78. The summed E-state index contributed by atoms with van der Waals surface area (Å²) in [6.45, 7) is 6.14. The van der Waals surface area contributed by atoms with Crippen LogP contribution < -0.4 is 4.90 Å². The number of rotatable bonds is 6. The fourth-order valence-corrected chi connectivity index (χ4v) is 4.02. The number of benzene rings is 1. The molecule has 1 amide bonds. The predicted molar refractivity (Wildman–Crippen MR) is 93.7 cm³/mol. The lowest BCUT2D eigenvalue weighted by atomic mass is 10.2. The van der Waals surface area contributed by atoms with Crippen molar-refractivity contribution in [1.29, 1.82) is 5.26 Å². The number of hydrogen-bond donors (Lipinski definition) is 0. The molecule has 0 saturated heterocycles. The molecule has 1 atom stereocenters. The number of thioether (sulfide) groups is 1. The minimum atomic E-state index is -0.289. The Balaban J connectivity index is 2.15. The second kappa shape index (κ2) is 8.09. The van der Waals surface area contributed by atoms with E-state index in [-0.39, 0.29) is 11.2 Å². The fraction of sp³-hybridized carbons (Fsp3) is 0.375. The van der Waals surface area contributed by atoms with Gasteiger partial charge in [-0.3, -0.25) is 4.79 Å². The van der Waals surface area contributed by atoms with Crippen molar-refractivity contribution in [1.82, 2.24) is 10.2 Å². The van der Waals surface area contributed by atoms with E-state index in [1.165, 1.54) is 23.1 Å². The monoisotopic (exact) mass is 346 g/mol. The number of carbonyl (C=O) groups excluding carboxylic acids is 1. The van der Waals surface area contributed by atoms with Gasteiger partial charge in [0.2, 0.25) is 5.91 Å². The average Bonchev–Trinajstić information content (AvgIpc) is 2.94. The van der Waals surface area contributed by atoms with E-state index < -0.39 is 0 Å². The van der Waals surface area contributed by atoms with Crippen LogP contribution in [0.2, 0.25) is 0 Å². The van der Waals surface area contributed by atoms with Crippen LogP contribution in [0, 0.1) is 25.2 Å². The summed E-state index contributed by atoms with van der Waals surface area (Å²) in [5.41, 5.74) is 1.95. The van der Waals surface area contributed by atoms with Crippen LogP contribution >= 0.6 is 23.1 Å². The molecule has 120 valence electrons. The predicted octanol–water partition coefficient (Wildman–Crippen LogP) is 3.58. The first-order chi connectivity index (χ1) is 11.0. The van der Waals surface area contributed by atoms with Crippen molar-refractivity contribution in [3.63, 3.8) is 0 Å². The van der Waals surface area contributed by atoms with Crippen molar-refractivity contribution in [3.8, 4) is 6.07 Å². The largest absolute Gasteiger partial charge is 0.310 e. The van der Waals surface area contributed by atoms with Gasteiger partial charge < -0.3 is 4.90 Å². The van der Waals surface area contributed by atoms with E-state index in [1.807, 2.05) is 45.0 Å². The van der Waals surface area contributed by atoms with Crippen molar-refractivity contribution >= 4 is 34.7 Å². The molecular weight excluding hydrogens is 328 g/mol. The molecule has 1 aromatic heterocycles. The maximum Gasteiger partial charge on any atom is 0.240 e. The van der Waals surface area contributed by atoms with Gasteiger partial charge in [0.15, 0.2) is 4.34 Å². The van der Waals surface area contributed by atoms with Gasteiger partial charge in [-0.15, -0.1) is 10.2 Å². The van der Waals surface area contributed by atoms with Gasteiger partial charge in [-0.25, -0.2) is 0 Å². The molecule has 1 unspecified atom stereocenters.